The third-order valence-corrected chi connectivity index (χ3v) is 4.12. The van der Waals surface area contributed by atoms with Crippen LogP contribution in [0, 0.1) is 5.82 Å². The van der Waals surface area contributed by atoms with Crippen LogP contribution in [-0.4, -0.2) is 5.11 Å². The second-order valence-corrected chi connectivity index (χ2v) is 5.32. The Morgan fingerprint density at radius 2 is 2.00 bits per heavy atom. The second kappa shape index (κ2) is 5.10. The smallest absolute Gasteiger partial charge is 0.175 e. The van der Waals surface area contributed by atoms with Crippen molar-refractivity contribution in [3.8, 4) is 0 Å². The molecule has 0 fully saturated rings. The molecule has 6 heteroatoms. The Kier molecular flexibility index (Phi) is 3.92. The number of hydrogen-bond acceptors (Lipinski definition) is 2. The molecule has 1 atom stereocenters. The Labute approximate surface area is 119 Å². The number of halogens is 4. The lowest BCUT2D eigenvalue weighted by molar-refractivity contribution is 0.212. The van der Waals surface area contributed by atoms with Crippen molar-refractivity contribution in [3.05, 3.63) is 55.6 Å². The molecule has 17 heavy (non-hydrogen) atoms. The summed E-state index contributed by atoms with van der Waals surface area (Å²) in [5, 5.41) is 10.4. The first-order chi connectivity index (χ1) is 8.00. The zero-order chi connectivity index (χ0) is 12.6. The van der Waals surface area contributed by atoms with Crippen molar-refractivity contribution in [3.63, 3.8) is 0 Å². The molecule has 0 spiro atoms. The van der Waals surface area contributed by atoms with Crippen LogP contribution < -0.4 is 0 Å². The number of aliphatic hydroxyl groups is 1. The maximum atomic E-state index is 13.7. The van der Waals surface area contributed by atoms with Crippen LogP contribution in [0.15, 0.2) is 38.0 Å². The minimum absolute atomic E-state index is 0.0975. The molecule has 0 aliphatic carbocycles. The summed E-state index contributed by atoms with van der Waals surface area (Å²) in [5.41, 5.74) is 0.544. The predicted octanol–water partition coefficient (Wildman–Crippen LogP) is 4.68. The maximum absolute atomic E-state index is 13.7. The Bertz CT molecular complexity index is 556. The molecule has 1 N–H and O–H groups in total. The maximum Gasteiger partial charge on any atom is 0.175 e. The van der Waals surface area contributed by atoms with Gasteiger partial charge in [0.1, 0.15) is 11.9 Å². The molecule has 0 radical (unpaired) electrons. The Hall–Kier alpha value is -0.360. The van der Waals surface area contributed by atoms with Crippen molar-refractivity contribution in [2.24, 2.45) is 0 Å². The van der Waals surface area contributed by atoms with E-state index in [1.54, 1.807) is 6.07 Å². The number of hydrogen-bond donors (Lipinski definition) is 1. The quantitative estimate of drug-likeness (QED) is 0.763. The highest BCUT2D eigenvalue weighted by molar-refractivity contribution is 9.10. The summed E-state index contributed by atoms with van der Waals surface area (Å²) in [6.07, 6.45) is 0.273. The molecule has 2 aromatic rings. The number of furan rings is 1. The Balaban J connectivity index is 2.48. The summed E-state index contributed by atoms with van der Waals surface area (Å²) in [5.74, 6) is -0.540. The lowest BCUT2D eigenvalue weighted by Crippen LogP contribution is -2.02. The molecule has 90 valence electrons. The summed E-state index contributed by atoms with van der Waals surface area (Å²) in [7, 11) is 0. The first kappa shape index (κ1) is 13.1. The molecule has 0 aliphatic rings. The zero-order valence-electron chi connectivity index (χ0n) is 8.25. The topological polar surface area (TPSA) is 33.4 Å². The highest BCUT2D eigenvalue weighted by atomic mass is 79.9. The molecule has 0 amide bonds. The molecule has 1 aromatic carbocycles. The minimum atomic E-state index is -1.13. The van der Waals surface area contributed by atoms with Crippen LogP contribution >= 0.6 is 43.5 Å². The van der Waals surface area contributed by atoms with Crippen molar-refractivity contribution in [1.29, 1.82) is 0 Å². The van der Waals surface area contributed by atoms with Gasteiger partial charge < -0.3 is 9.52 Å². The van der Waals surface area contributed by atoms with E-state index in [0.717, 1.165) is 0 Å². The standard InChI is InChI=1S/C11H6Br2ClFO2/c12-7-4-9(15)6(3-8(7)14)10(16)5-1-2-17-11(5)13/h1-4,10,16H. The van der Waals surface area contributed by atoms with Crippen LogP contribution in [0.3, 0.4) is 0 Å². The average molecular weight is 384 g/mol. The lowest BCUT2D eigenvalue weighted by atomic mass is 10.0. The number of benzene rings is 1. The summed E-state index contributed by atoms with van der Waals surface area (Å²) in [6, 6.07) is 4.16. The van der Waals surface area contributed by atoms with Gasteiger partial charge >= 0.3 is 0 Å². The van der Waals surface area contributed by atoms with Crippen molar-refractivity contribution >= 4 is 43.5 Å². The summed E-state index contributed by atoms with van der Waals surface area (Å²) in [4.78, 5) is 0. The molecule has 1 unspecified atom stereocenters. The fourth-order valence-electron chi connectivity index (χ4n) is 1.41. The molecule has 1 heterocycles. The zero-order valence-corrected chi connectivity index (χ0v) is 12.2. The normalized spacial score (nSPS) is 12.8. The van der Waals surface area contributed by atoms with Crippen molar-refractivity contribution in [2.45, 2.75) is 6.10 Å². The van der Waals surface area contributed by atoms with Gasteiger partial charge in [-0.05, 0) is 50.1 Å². The van der Waals surface area contributed by atoms with E-state index in [-0.39, 0.29) is 5.56 Å². The van der Waals surface area contributed by atoms with Gasteiger partial charge in [-0.15, -0.1) is 0 Å². The molecule has 2 rings (SSSR count). The first-order valence-corrected chi connectivity index (χ1v) is 6.52. The third kappa shape index (κ3) is 2.57. The highest BCUT2D eigenvalue weighted by Crippen LogP contribution is 2.34. The van der Waals surface area contributed by atoms with E-state index in [0.29, 0.717) is 19.7 Å². The van der Waals surface area contributed by atoms with E-state index in [4.69, 9.17) is 16.0 Å². The molecular weight excluding hydrogens is 378 g/mol. The van der Waals surface area contributed by atoms with Gasteiger partial charge in [0.05, 0.1) is 11.3 Å². The first-order valence-electron chi connectivity index (χ1n) is 4.56. The third-order valence-electron chi connectivity index (χ3n) is 2.27. The monoisotopic (exact) mass is 382 g/mol. The molecular formula is C11H6Br2ClFO2. The van der Waals surface area contributed by atoms with Gasteiger partial charge in [0.25, 0.3) is 0 Å². The van der Waals surface area contributed by atoms with E-state index >= 15 is 0 Å². The molecule has 2 nitrogen and oxygen atoms in total. The Morgan fingerprint density at radius 1 is 1.29 bits per heavy atom. The Morgan fingerprint density at radius 3 is 2.59 bits per heavy atom. The SMILES string of the molecule is OC(c1cc(Cl)c(Br)cc1F)c1ccoc1Br. The van der Waals surface area contributed by atoms with Gasteiger partial charge in [-0.1, -0.05) is 11.6 Å². The molecule has 0 bridgehead atoms. The summed E-state index contributed by atoms with van der Waals surface area (Å²) < 4.78 is 19.5. The van der Waals surface area contributed by atoms with Crippen LogP contribution in [0.4, 0.5) is 4.39 Å². The number of aliphatic hydroxyl groups excluding tert-OH is 1. The van der Waals surface area contributed by atoms with E-state index in [1.165, 1.54) is 18.4 Å². The van der Waals surface area contributed by atoms with E-state index in [2.05, 4.69) is 31.9 Å². The largest absolute Gasteiger partial charge is 0.457 e. The van der Waals surface area contributed by atoms with Crippen LogP contribution in [0.2, 0.25) is 5.02 Å². The highest BCUT2D eigenvalue weighted by Gasteiger charge is 2.20. The van der Waals surface area contributed by atoms with Gasteiger partial charge in [-0.25, -0.2) is 4.39 Å². The van der Waals surface area contributed by atoms with Gasteiger partial charge in [0.2, 0.25) is 0 Å². The van der Waals surface area contributed by atoms with Crippen molar-refractivity contribution in [2.75, 3.05) is 0 Å². The molecule has 0 aliphatic heterocycles. The van der Waals surface area contributed by atoms with Crippen molar-refractivity contribution in [1.82, 2.24) is 0 Å². The fraction of sp³-hybridized carbons (Fsp3) is 0.0909. The van der Waals surface area contributed by atoms with Gasteiger partial charge in [-0.3, -0.25) is 0 Å². The fourth-order valence-corrected chi connectivity index (χ4v) is 2.36. The lowest BCUT2D eigenvalue weighted by Gasteiger charge is -2.12. The van der Waals surface area contributed by atoms with E-state index < -0.39 is 11.9 Å². The van der Waals surface area contributed by atoms with Crippen LogP contribution in [0.1, 0.15) is 17.2 Å². The van der Waals surface area contributed by atoms with Crippen LogP contribution in [-0.2, 0) is 0 Å². The predicted molar refractivity (Wildman–Crippen MR) is 69.6 cm³/mol. The molecule has 1 aromatic heterocycles. The summed E-state index contributed by atoms with van der Waals surface area (Å²) >= 11 is 12.1. The van der Waals surface area contributed by atoms with Crippen molar-refractivity contribution < 1.29 is 13.9 Å². The van der Waals surface area contributed by atoms with E-state index in [1.807, 2.05) is 0 Å². The molecule has 0 saturated heterocycles. The summed E-state index contributed by atoms with van der Waals surface area (Å²) in [6.45, 7) is 0. The average Bonchev–Trinajstić information content (AvgIpc) is 2.69. The van der Waals surface area contributed by atoms with Crippen LogP contribution in [0.25, 0.3) is 0 Å². The minimum Gasteiger partial charge on any atom is -0.457 e. The van der Waals surface area contributed by atoms with Gasteiger partial charge in [0, 0.05) is 15.6 Å². The second-order valence-electron chi connectivity index (χ2n) is 3.34. The number of rotatable bonds is 2. The van der Waals surface area contributed by atoms with Gasteiger partial charge in [-0.2, -0.15) is 0 Å². The molecule has 0 saturated carbocycles. The van der Waals surface area contributed by atoms with Gasteiger partial charge in [0.15, 0.2) is 4.67 Å². The van der Waals surface area contributed by atoms with Crippen LogP contribution in [0.5, 0.6) is 0 Å². The van der Waals surface area contributed by atoms with E-state index in [9.17, 15) is 9.50 Å².